The number of benzene rings is 3. The lowest BCUT2D eigenvalue weighted by Crippen LogP contribution is -2.17. The Bertz CT molecular complexity index is 1200. The maximum Gasteiger partial charge on any atom is 0.233 e. The van der Waals surface area contributed by atoms with Crippen molar-refractivity contribution in [1.82, 2.24) is 9.55 Å². The van der Waals surface area contributed by atoms with Crippen LogP contribution in [0.4, 0.5) is 5.95 Å². The number of carbonyl (C=O) groups is 1. The van der Waals surface area contributed by atoms with E-state index in [1.807, 2.05) is 43.3 Å². The molecule has 0 fully saturated rings. The molecule has 4 aromatic rings. The standard InChI is InChI=1S/C25H27N3O2/c1-4-7-24(29)28-23-9-6-5-8-22(23)27-25(28)26-16-17(2)18-10-11-20-15-21(30-3)13-12-19(20)14-18/h5-6,8-15,17H,4,7,16H2,1-3H3,(H,26,27). The number of carbonyl (C=O) groups excluding carboxylic acids is 1. The first-order valence-electron chi connectivity index (χ1n) is 10.4. The molecule has 5 heteroatoms. The molecule has 1 aromatic heterocycles. The molecule has 1 atom stereocenters. The van der Waals surface area contributed by atoms with E-state index in [1.54, 1.807) is 11.7 Å². The molecule has 5 nitrogen and oxygen atoms in total. The van der Waals surface area contributed by atoms with Gasteiger partial charge in [0.15, 0.2) is 0 Å². The first-order chi connectivity index (χ1) is 14.6. The number of hydrogen-bond acceptors (Lipinski definition) is 4. The second kappa shape index (κ2) is 8.57. The lowest BCUT2D eigenvalue weighted by molar-refractivity contribution is 0.0909. The molecular weight excluding hydrogens is 374 g/mol. The molecule has 0 aliphatic rings. The molecule has 1 unspecified atom stereocenters. The summed E-state index contributed by atoms with van der Waals surface area (Å²) in [6.07, 6.45) is 1.31. The minimum absolute atomic E-state index is 0.0704. The Balaban J connectivity index is 1.57. The van der Waals surface area contributed by atoms with E-state index in [0.717, 1.165) is 28.6 Å². The summed E-state index contributed by atoms with van der Waals surface area (Å²) in [5.41, 5.74) is 2.92. The highest BCUT2D eigenvalue weighted by Crippen LogP contribution is 2.26. The minimum atomic E-state index is 0.0704. The summed E-state index contributed by atoms with van der Waals surface area (Å²) in [7, 11) is 1.68. The van der Waals surface area contributed by atoms with Crippen molar-refractivity contribution < 1.29 is 9.53 Å². The summed E-state index contributed by atoms with van der Waals surface area (Å²) in [6, 6.07) is 20.4. The second-order valence-electron chi connectivity index (χ2n) is 7.66. The Labute approximate surface area is 176 Å². The average Bonchev–Trinajstić information content (AvgIpc) is 3.15. The summed E-state index contributed by atoms with van der Waals surface area (Å²) in [4.78, 5) is 17.4. The first-order valence-corrected chi connectivity index (χ1v) is 10.4. The topological polar surface area (TPSA) is 56.2 Å². The van der Waals surface area contributed by atoms with Crippen LogP contribution in [-0.2, 0) is 0 Å². The van der Waals surface area contributed by atoms with Gasteiger partial charge in [0.1, 0.15) is 5.75 Å². The Morgan fingerprint density at radius 2 is 1.87 bits per heavy atom. The fourth-order valence-electron chi connectivity index (χ4n) is 3.76. The van der Waals surface area contributed by atoms with Gasteiger partial charge in [-0.25, -0.2) is 9.55 Å². The number of methoxy groups -OCH3 is 1. The third kappa shape index (κ3) is 3.88. The predicted octanol–water partition coefficient (Wildman–Crippen LogP) is 5.85. The summed E-state index contributed by atoms with van der Waals surface area (Å²) in [6.45, 7) is 4.88. The smallest absolute Gasteiger partial charge is 0.233 e. The van der Waals surface area contributed by atoms with Crippen LogP contribution in [0.5, 0.6) is 5.75 Å². The van der Waals surface area contributed by atoms with Gasteiger partial charge in [0, 0.05) is 13.0 Å². The van der Waals surface area contributed by atoms with Gasteiger partial charge in [-0.15, -0.1) is 0 Å². The van der Waals surface area contributed by atoms with E-state index in [-0.39, 0.29) is 11.8 Å². The normalized spacial score (nSPS) is 12.2. The van der Waals surface area contributed by atoms with Gasteiger partial charge in [-0.05, 0) is 52.9 Å². The van der Waals surface area contributed by atoms with Crippen LogP contribution >= 0.6 is 0 Å². The number of anilines is 1. The molecule has 3 aromatic carbocycles. The van der Waals surface area contributed by atoms with Crippen molar-refractivity contribution in [2.45, 2.75) is 32.6 Å². The molecule has 0 aliphatic heterocycles. The van der Waals surface area contributed by atoms with Crippen LogP contribution in [0.3, 0.4) is 0 Å². The molecule has 0 amide bonds. The van der Waals surface area contributed by atoms with Gasteiger partial charge < -0.3 is 10.1 Å². The summed E-state index contributed by atoms with van der Waals surface area (Å²) in [5.74, 6) is 1.81. The number of ether oxygens (including phenoxy) is 1. The molecule has 0 bridgehead atoms. The van der Waals surface area contributed by atoms with Crippen molar-refractivity contribution in [3.63, 3.8) is 0 Å². The van der Waals surface area contributed by atoms with Crippen molar-refractivity contribution >= 4 is 33.7 Å². The molecule has 1 heterocycles. The van der Waals surface area contributed by atoms with Crippen LogP contribution in [0.2, 0.25) is 0 Å². The Hall–Kier alpha value is -3.34. The number of nitrogens with zero attached hydrogens (tertiary/aromatic N) is 2. The van der Waals surface area contributed by atoms with Crippen LogP contribution in [-0.4, -0.2) is 29.1 Å². The lowest BCUT2D eigenvalue weighted by atomic mass is 9.97. The highest BCUT2D eigenvalue weighted by molar-refractivity contribution is 5.93. The molecule has 0 saturated carbocycles. The zero-order valence-corrected chi connectivity index (χ0v) is 17.7. The molecule has 30 heavy (non-hydrogen) atoms. The van der Waals surface area contributed by atoms with E-state index in [2.05, 4.69) is 41.5 Å². The van der Waals surface area contributed by atoms with Crippen molar-refractivity contribution in [1.29, 1.82) is 0 Å². The zero-order valence-electron chi connectivity index (χ0n) is 17.7. The largest absolute Gasteiger partial charge is 0.497 e. The van der Waals surface area contributed by atoms with Crippen molar-refractivity contribution in [2.24, 2.45) is 0 Å². The molecule has 0 saturated heterocycles. The third-order valence-electron chi connectivity index (χ3n) is 5.48. The molecular formula is C25H27N3O2. The number of imidazole rings is 1. The van der Waals surface area contributed by atoms with Crippen molar-refractivity contribution in [3.05, 3.63) is 66.2 Å². The fourth-order valence-corrected chi connectivity index (χ4v) is 3.76. The monoisotopic (exact) mass is 401 g/mol. The third-order valence-corrected chi connectivity index (χ3v) is 5.48. The lowest BCUT2D eigenvalue weighted by Gasteiger charge is -2.15. The maximum absolute atomic E-state index is 12.7. The van der Waals surface area contributed by atoms with Gasteiger partial charge in [0.2, 0.25) is 11.9 Å². The second-order valence-corrected chi connectivity index (χ2v) is 7.66. The van der Waals surface area contributed by atoms with Crippen molar-refractivity contribution in [3.8, 4) is 5.75 Å². The van der Waals surface area contributed by atoms with Gasteiger partial charge in [-0.3, -0.25) is 4.79 Å². The molecule has 0 radical (unpaired) electrons. The van der Waals surface area contributed by atoms with E-state index in [4.69, 9.17) is 4.74 Å². The van der Waals surface area contributed by atoms with Crippen LogP contribution in [0, 0.1) is 0 Å². The fraction of sp³-hybridized carbons (Fsp3) is 0.280. The Kier molecular flexibility index (Phi) is 5.70. The van der Waals surface area contributed by atoms with E-state index < -0.39 is 0 Å². The number of hydrogen-bond donors (Lipinski definition) is 1. The Morgan fingerprint density at radius 3 is 2.67 bits per heavy atom. The molecule has 154 valence electrons. The van der Waals surface area contributed by atoms with Gasteiger partial charge in [-0.1, -0.05) is 50.2 Å². The molecule has 4 rings (SSSR count). The number of rotatable bonds is 7. The number of aromatic nitrogens is 2. The highest BCUT2D eigenvalue weighted by Gasteiger charge is 2.17. The predicted molar refractivity (Wildman–Crippen MR) is 123 cm³/mol. The van der Waals surface area contributed by atoms with Gasteiger partial charge in [0.25, 0.3) is 0 Å². The van der Waals surface area contributed by atoms with E-state index in [9.17, 15) is 4.79 Å². The average molecular weight is 402 g/mol. The molecule has 0 spiro atoms. The zero-order chi connectivity index (χ0) is 21.1. The quantitative estimate of drug-likeness (QED) is 0.422. The van der Waals surface area contributed by atoms with Crippen LogP contribution in [0.25, 0.3) is 21.8 Å². The summed E-state index contributed by atoms with van der Waals surface area (Å²) < 4.78 is 7.03. The summed E-state index contributed by atoms with van der Waals surface area (Å²) >= 11 is 0. The molecule has 0 aliphatic carbocycles. The SMILES string of the molecule is CCCC(=O)n1c(NCC(C)c2ccc3cc(OC)ccc3c2)nc2ccccc21. The van der Waals surface area contributed by atoms with Crippen molar-refractivity contribution in [2.75, 3.05) is 19.0 Å². The van der Waals surface area contributed by atoms with Gasteiger partial charge in [-0.2, -0.15) is 0 Å². The van der Waals surface area contributed by atoms with E-state index >= 15 is 0 Å². The van der Waals surface area contributed by atoms with E-state index in [1.165, 1.54) is 10.9 Å². The van der Waals surface area contributed by atoms with Gasteiger partial charge >= 0.3 is 0 Å². The summed E-state index contributed by atoms with van der Waals surface area (Å²) in [5, 5.41) is 5.76. The number of fused-ring (bicyclic) bond motifs is 2. The Morgan fingerprint density at radius 1 is 1.10 bits per heavy atom. The van der Waals surface area contributed by atoms with Crippen LogP contribution in [0.15, 0.2) is 60.7 Å². The maximum atomic E-state index is 12.7. The highest BCUT2D eigenvalue weighted by atomic mass is 16.5. The van der Waals surface area contributed by atoms with Crippen LogP contribution < -0.4 is 10.1 Å². The van der Waals surface area contributed by atoms with E-state index in [0.29, 0.717) is 18.9 Å². The number of para-hydroxylation sites is 2. The van der Waals surface area contributed by atoms with Gasteiger partial charge in [0.05, 0.1) is 18.1 Å². The minimum Gasteiger partial charge on any atom is -0.497 e. The number of nitrogens with one attached hydrogen (secondary N) is 1. The molecule has 1 N–H and O–H groups in total. The first kappa shape index (κ1) is 20.0. The van der Waals surface area contributed by atoms with Crippen LogP contribution in [0.1, 0.15) is 43.0 Å².